The van der Waals surface area contributed by atoms with Crippen LogP contribution in [-0.4, -0.2) is 67.6 Å². The van der Waals surface area contributed by atoms with Crippen molar-refractivity contribution in [3.8, 4) is 6.01 Å². The molecule has 12 nitrogen and oxygen atoms in total. The molecule has 2 bridgehead atoms. The summed E-state index contributed by atoms with van der Waals surface area (Å²) in [6, 6.07) is -1.64. The minimum Gasteiger partial charge on any atom is -0.459 e. The smallest absolute Gasteiger partial charge is 0.408 e. The molecule has 12 heteroatoms. The van der Waals surface area contributed by atoms with Crippen LogP contribution in [0, 0.1) is 17.3 Å². The van der Waals surface area contributed by atoms with E-state index in [-0.39, 0.29) is 30.1 Å². The number of alkyl carbamates (subject to hydrolysis) is 1. The third kappa shape index (κ3) is 6.15. The average molecular weight is 559 g/mol. The van der Waals surface area contributed by atoms with Crippen molar-refractivity contribution in [2.75, 3.05) is 6.54 Å². The molecule has 1 aromatic heterocycles. The van der Waals surface area contributed by atoms with E-state index in [2.05, 4.69) is 15.3 Å². The Morgan fingerprint density at radius 2 is 1.90 bits per heavy atom. The maximum absolute atomic E-state index is 14.0. The van der Waals surface area contributed by atoms with Gasteiger partial charge in [0, 0.05) is 18.4 Å². The standard InChI is InChI=1S/C28H42N6O6/c1-16-19-15-34(21(16)17(2)35)23(36)22(27(3,4)5)32-26(38)40-28(6)14-18(28)10-8-7-9-13-33-24(37)30-20(11-12-29)31-25(33)39-19/h11-12,16,18-19,21-22H,7-10,13-15,29H2,1-6H3,(H,32,38)/t16-,18-,19+,21+,22-,28-/m1/s1. The van der Waals surface area contributed by atoms with Crippen molar-refractivity contribution in [2.24, 2.45) is 23.0 Å². The van der Waals surface area contributed by atoms with Crippen LogP contribution in [0.1, 0.15) is 79.5 Å². The van der Waals surface area contributed by atoms with Gasteiger partial charge in [0.15, 0.2) is 11.6 Å². The third-order valence-electron chi connectivity index (χ3n) is 8.37. The van der Waals surface area contributed by atoms with Crippen LogP contribution in [-0.2, 0) is 20.9 Å². The average Bonchev–Trinajstić information content (AvgIpc) is 3.35. The molecule has 0 unspecified atom stereocenters. The van der Waals surface area contributed by atoms with Crippen molar-refractivity contribution < 1.29 is 23.9 Å². The highest BCUT2D eigenvalue weighted by atomic mass is 16.6. The lowest BCUT2D eigenvalue weighted by atomic mass is 9.85. The van der Waals surface area contributed by atoms with E-state index in [9.17, 15) is 19.2 Å². The zero-order valence-electron chi connectivity index (χ0n) is 24.3. The second-order valence-electron chi connectivity index (χ2n) is 12.6. The fraction of sp³-hybridized carbons (Fsp3) is 0.714. The molecule has 40 heavy (non-hydrogen) atoms. The highest BCUT2D eigenvalue weighted by molar-refractivity contribution is 5.92. The van der Waals surface area contributed by atoms with Crippen LogP contribution in [0.4, 0.5) is 4.79 Å². The van der Waals surface area contributed by atoms with Gasteiger partial charge in [-0.05, 0) is 50.8 Å². The molecular weight excluding hydrogens is 516 g/mol. The van der Waals surface area contributed by atoms with Gasteiger partial charge in [0.2, 0.25) is 5.91 Å². The summed E-state index contributed by atoms with van der Waals surface area (Å²) in [4.78, 5) is 62.7. The number of carbonyl (C=O) groups excluding carboxylic acids is 3. The maximum atomic E-state index is 14.0. The summed E-state index contributed by atoms with van der Waals surface area (Å²) in [5.41, 5.74) is 3.76. The molecule has 3 aliphatic rings. The number of rotatable bonds is 2. The van der Waals surface area contributed by atoms with E-state index >= 15 is 0 Å². The molecule has 2 fully saturated rings. The van der Waals surface area contributed by atoms with E-state index in [1.807, 2.05) is 34.6 Å². The fourth-order valence-corrected chi connectivity index (χ4v) is 5.90. The summed E-state index contributed by atoms with van der Waals surface area (Å²) >= 11 is 0. The number of carbonyl (C=O) groups is 3. The second kappa shape index (κ2) is 11.2. The Balaban J connectivity index is 1.73. The first-order valence-corrected chi connectivity index (χ1v) is 14.1. The van der Waals surface area contributed by atoms with Crippen LogP contribution in [0.25, 0.3) is 6.08 Å². The normalized spacial score (nSPS) is 31.8. The van der Waals surface area contributed by atoms with Gasteiger partial charge in [0.1, 0.15) is 17.7 Å². The molecule has 1 saturated heterocycles. The molecule has 6 atom stereocenters. The van der Waals surface area contributed by atoms with E-state index in [1.54, 1.807) is 0 Å². The number of aromatic nitrogens is 3. The van der Waals surface area contributed by atoms with Gasteiger partial charge in [-0.3, -0.25) is 9.59 Å². The van der Waals surface area contributed by atoms with E-state index in [4.69, 9.17) is 15.2 Å². The van der Waals surface area contributed by atoms with Crippen LogP contribution in [0.5, 0.6) is 6.01 Å². The number of amides is 2. The van der Waals surface area contributed by atoms with E-state index in [0.717, 1.165) is 25.7 Å². The first-order chi connectivity index (χ1) is 18.7. The van der Waals surface area contributed by atoms with Gasteiger partial charge >= 0.3 is 17.8 Å². The summed E-state index contributed by atoms with van der Waals surface area (Å²) in [6.45, 7) is 11.2. The molecule has 3 N–H and O–H groups in total. The lowest BCUT2D eigenvalue weighted by Crippen LogP contribution is -2.57. The van der Waals surface area contributed by atoms with Crippen LogP contribution in [0.3, 0.4) is 0 Å². The number of fused-ring (bicyclic) bond motifs is 4. The van der Waals surface area contributed by atoms with Crippen LogP contribution >= 0.6 is 0 Å². The fourth-order valence-electron chi connectivity index (χ4n) is 5.90. The van der Waals surface area contributed by atoms with Gasteiger partial charge in [-0.2, -0.15) is 9.97 Å². The largest absolute Gasteiger partial charge is 0.459 e. The number of ether oxygens (including phenoxy) is 2. The Morgan fingerprint density at radius 3 is 2.55 bits per heavy atom. The van der Waals surface area contributed by atoms with Crippen molar-refractivity contribution in [3.05, 3.63) is 22.5 Å². The maximum Gasteiger partial charge on any atom is 0.408 e. The summed E-state index contributed by atoms with van der Waals surface area (Å²) < 4.78 is 13.5. The van der Waals surface area contributed by atoms with Gasteiger partial charge in [-0.15, -0.1) is 0 Å². The molecule has 1 aromatic rings. The van der Waals surface area contributed by atoms with Gasteiger partial charge in [0.05, 0.1) is 12.6 Å². The SMILES string of the molecule is CC(=O)[C@@H]1[C@H](C)[C@@H]2CN1C(=O)[C@H](C(C)(C)C)NC(=O)O[C@]1(C)C[C@H]1CCCCCn1c(nc(C=CN)nc1=O)O2. The van der Waals surface area contributed by atoms with Gasteiger partial charge in [-0.25, -0.2) is 14.2 Å². The van der Waals surface area contributed by atoms with Crippen molar-refractivity contribution in [1.82, 2.24) is 24.8 Å². The van der Waals surface area contributed by atoms with E-state index in [1.165, 1.54) is 28.7 Å². The summed E-state index contributed by atoms with van der Waals surface area (Å²) in [5.74, 6) is -0.655. The molecule has 1 aliphatic carbocycles. The Bertz CT molecular complexity index is 1240. The molecule has 1 saturated carbocycles. The highest BCUT2D eigenvalue weighted by Gasteiger charge is 2.54. The van der Waals surface area contributed by atoms with Crippen molar-refractivity contribution in [1.29, 1.82) is 0 Å². The predicted molar refractivity (Wildman–Crippen MR) is 147 cm³/mol. The number of nitrogens with one attached hydrogen (secondary N) is 1. The lowest BCUT2D eigenvalue weighted by Gasteiger charge is -2.35. The van der Waals surface area contributed by atoms with Gasteiger partial charge in [0.25, 0.3) is 0 Å². The van der Waals surface area contributed by atoms with Crippen LogP contribution in [0.15, 0.2) is 11.0 Å². The van der Waals surface area contributed by atoms with Crippen LogP contribution < -0.4 is 21.5 Å². The molecule has 2 aliphatic heterocycles. The molecule has 0 spiro atoms. The first-order valence-electron chi connectivity index (χ1n) is 14.1. The second-order valence-corrected chi connectivity index (χ2v) is 12.6. The number of nitrogens with two attached hydrogens (primary N) is 1. The van der Waals surface area contributed by atoms with E-state index < -0.39 is 52.8 Å². The number of Topliss-reactive ketones (excluding diaryl/α,β-unsaturated/α-hetero) is 1. The number of ketones is 1. The molecule has 0 aromatic carbocycles. The molecule has 4 rings (SSSR count). The zero-order chi connectivity index (χ0) is 29.4. The van der Waals surface area contributed by atoms with Crippen molar-refractivity contribution in [3.63, 3.8) is 0 Å². The Morgan fingerprint density at radius 1 is 1.18 bits per heavy atom. The number of hydrogen-bond donors (Lipinski definition) is 2. The Labute approximate surface area is 234 Å². The lowest BCUT2D eigenvalue weighted by molar-refractivity contribution is -0.141. The molecular formula is C28H42N6O6. The molecule has 220 valence electrons. The van der Waals surface area contributed by atoms with Crippen molar-refractivity contribution >= 4 is 23.9 Å². The number of hydrogen-bond acceptors (Lipinski definition) is 9. The van der Waals surface area contributed by atoms with Crippen molar-refractivity contribution in [2.45, 2.75) is 104 Å². The zero-order valence-corrected chi connectivity index (χ0v) is 24.3. The minimum atomic E-state index is -0.939. The van der Waals surface area contributed by atoms with Gasteiger partial charge < -0.3 is 25.4 Å². The monoisotopic (exact) mass is 558 g/mol. The molecule has 2 amide bonds. The van der Waals surface area contributed by atoms with E-state index in [0.29, 0.717) is 13.0 Å². The summed E-state index contributed by atoms with van der Waals surface area (Å²) in [5, 5.41) is 2.80. The molecule has 0 radical (unpaired) electrons. The number of nitrogens with zero attached hydrogens (tertiary/aromatic N) is 4. The topological polar surface area (TPSA) is 159 Å². The summed E-state index contributed by atoms with van der Waals surface area (Å²) in [7, 11) is 0. The Kier molecular flexibility index (Phi) is 8.28. The minimum absolute atomic E-state index is 0.0755. The quantitative estimate of drug-likeness (QED) is 0.555. The Hall–Kier alpha value is -3.44. The van der Waals surface area contributed by atoms with Crippen LogP contribution in [0.2, 0.25) is 0 Å². The molecule has 3 heterocycles. The highest BCUT2D eigenvalue weighted by Crippen LogP contribution is 2.49. The van der Waals surface area contributed by atoms with Gasteiger partial charge in [-0.1, -0.05) is 40.5 Å². The first kappa shape index (κ1) is 29.5. The third-order valence-corrected chi connectivity index (χ3v) is 8.37. The summed E-state index contributed by atoms with van der Waals surface area (Å²) in [6.07, 6.45) is 5.49. The predicted octanol–water partition coefficient (Wildman–Crippen LogP) is 2.24.